The maximum absolute atomic E-state index is 9.08. The van der Waals surface area contributed by atoms with Crippen molar-refractivity contribution in [3.8, 4) is 11.8 Å². The Kier molecular flexibility index (Phi) is 2.69. The van der Waals surface area contributed by atoms with Crippen molar-refractivity contribution in [3.63, 3.8) is 0 Å². The van der Waals surface area contributed by atoms with Crippen molar-refractivity contribution < 1.29 is 0 Å². The molecule has 20 heavy (non-hydrogen) atoms. The van der Waals surface area contributed by atoms with Crippen LogP contribution < -0.4 is 5.73 Å². The molecule has 0 amide bonds. The van der Waals surface area contributed by atoms with Crippen molar-refractivity contribution in [2.45, 2.75) is 13.8 Å². The maximum atomic E-state index is 9.08. The van der Waals surface area contributed by atoms with E-state index in [0.717, 1.165) is 16.7 Å². The standard InChI is InChI=1S/C16H14N4/c1-10-5-15-16(6-11(10)2)20(9-19-15)13-3-4-14(18)12(7-13)8-17/h3-7,9H,18H2,1-2H3. The lowest BCUT2D eigenvalue weighted by Gasteiger charge is -2.07. The molecule has 0 aliphatic carbocycles. The van der Waals surface area contributed by atoms with Gasteiger partial charge in [-0.2, -0.15) is 5.26 Å². The SMILES string of the molecule is Cc1cc2ncn(-c3ccc(N)c(C#N)c3)c2cc1C. The number of imidazole rings is 1. The Bertz CT molecular complexity index is 853. The summed E-state index contributed by atoms with van der Waals surface area (Å²) in [5, 5.41) is 9.08. The molecule has 0 saturated carbocycles. The number of aromatic nitrogens is 2. The molecule has 98 valence electrons. The van der Waals surface area contributed by atoms with Gasteiger partial charge in [0, 0.05) is 11.4 Å². The molecule has 0 fully saturated rings. The quantitative estimate of drug-likeness (QED) is 0.685. The van der Waals surface area contributed by atoms with Gasteiger partial charge in [0.15, 0.2) is 0 Å². The molecule has 2 aromatic carbocycles. The Hall–Kier alpha value is -2.80. The summed E-state index contributed by atoms with van der Waals surface area (Å²) in [6.45, 7) is 4.15. The predicted octanol–water partition coefficient (Wildman–Crippen LogP) is 3.10. The first-order valence-corrected chi connectivity index (χ1v) is 6.34. The van der Waals surface area contributed by atoms with Crippen molar-refractivity contribution in [1.82, 2.24) is 9.55 Å². The number of hydrogen-bond donors (Lipinski definition) is 1. The fourth-order valence-electron chi connectivity index (χ4n) is 2.26. The van der Waals surface area contributed by atoms with E-state index in [4.69, 9.17) is 11.0 Å². The van der Waals surface area contributed by atoms with Crippen molar-refractivity contribution in [1.29, 1.82) is 5.26 Å². The van der Waals surface area contributed by atoms with E-state index in [-0.39, 0.29) is 0 Å². The van der Waals surface area contributed by atoms with Crippen LogP contribution in [-0.2, 0) is 0 Å². The minimum absolute atomic E-state index is 0.480. The third-order valence-electron chi connectivity index (χ3n) is 3.60. The Balaban J connectivity index is 2.25. The zero-order valence-electron chi connectivity index (χ0n) is 11.4. The van der Waals surface area contributed by atoms with E-state index in [9.17, 15) is 0 Å². The zero-order chi connectivity index (χ0) is 14.3. The molecule has 4 nitrogen and oxygen atoms in total. The van der Waals surface area contributed by atoms with E-state index >= 15 is 0 Å². The van der Waals surface area contributed by atoms with Gasteiger partial charge < -0.3 is 5.73 Å². The van der Waals surface area contributed by atoms with Crippen LogP contribution in [0.5, 0.6) is 0 Å². The molecule has 2 N–H and O–H groups in total. The molecule has 3 rings (SSSR count). The predicted molar refractivity (Wildman–Crippen MR) is 79.7 cm³/mol. The number of nitrogens with two attached hydrogens (primary N) is 1. The largest absolute Gasteiger partial charge is 0.398 e. The van der Waals surface area contributed by atoms with Gasteiger partial charge in [-0.05, 0) is 55.3 Å². The number of hydrogen-bond acceptors (Lipinski definition) is 3. The van der Waals surface area contributed by atoms with Crippen LogP contribution in [0.2, 0.25) is 0 Å². The average molecular weight is 262 g/mol. The zero-order valence-corrected chi connectivity index (χ0v) is 11.4. The lowest BCUT2D eigenvalue weighted by Crippen LogP contribution is -1.96. The Morgan fingerprint density at radius 2 is 1.90 bits per heavy atom. The first-order valence-electron chi connectivity index (χ1n) is 6.34. The molecule has 4 heteroatoms. The van der Waals surface area contributed by atoms with Crippen LogP contribution in [0.1, 0.15) is 16.7 Å². The van der Waals surface area contributed by atoms with Crippen molar-refractivity contribution >= 4 is 16.7 Å². The van der Waals surface area contributed by atoms with Crippen molar-refractivity contribution in [2.24, 2.45) is 0 Å². The third kappa shape index (κ3) is 1.81. The molecule has 3 aromatic rings. The molecule has 0 unspecified atom stereocenters. The van der Waals surface area contributed by atoms with Crippen LogP contribution in [0.15, 0.2) is 36.7 Å². The minimum Gasteiger partial charge on any atom is -0.398 e. The van der Waals surface area contributed by atoms with Gasteiger partial charge in [0.05, 0.1) is 16.6 Å². The summed E-state index contributed by atoms with van der Waals surface area (Å²) in [6.07, 6.45) is 1.77. The summed E-state index contributed by atoms with van der Waals surface area (Å²) in [5.41, 5.74) is 12.0. The summed E-state index contributed by atoms with van der Waals surface area (Å²) in [4.78, 5) is 4.42. The summed E-state index contributed by atoms with van der Waals surface area (Å²) in [6, 6.07) is 11.7. The van der Waals surface area contributed by atoms with Gasteiger partial charge in [-0.3, -0.25) is 4.57 Å². The first kappa shape index (κ1) is 12.2. The smallest absolute Gasteiger partial charge is 0.101 e. The second kappa shape index (κ2) is 4.39. The van der Waals surface area contributed by atoms with Crippen LogP contribution in [0.4, 0.5) is 5.69 Å². The maximum Gasteiger partial charge on any atom is 0.101 e. The van der Waals surface area contributed by atoms with Crippen LogP contribution in [-0.4, -0.2) is 9.55 Å². The number of nitriles is 1. The van der Waals surface area contributed by atoms with Crippen LogP contribution in [0, 0.1) is 25.2 Å². The molecule has 0 bridgehead atoms. The van der Waals surface area contributed by atoms with Gasteiger partial charge in [-0.1, -0.05) is 0 Å². The monoisotopic (exact) mass is 262 g/mol. The topological polar surface area (TPSA) is 67.6 Å². The average Bonchev–Trinajstić information content (AvgIpc) is 2.83. The number of anilines is 1. The molecule has 0 saturated heterocycles. The van der Waals surface area contributed by atoms with Crippen LogP contribution in [0.25, 0.3) is 16.7 Å². The van der Waals surface area contributed by atoms with Crippen LogP contribution in [0.3, 0.4) is 0 Å². The summed E-state index contributed by atoms with van der Waals surface area (Å²) in [7, 11) is 0. The van der Waals surface area contributed by atoms with Crippen molar-refractivity contribution in [2.75, 3.05) is 5.73 Å². The van der Waals surface area contributed by atoms with E-state index in [2.05, 4.69) is 37.0 Å². The van der Waals surface area contributed by atoms with E-state index in [1.807, 2.05) is 10.6 Å². The molecule has 0 radical (unpaired) electrons. The van der Waals surface area contributed by atoms with Gasteiger partial charge in [0.25, 0.3) is 0 Å². The Labute approximate surface area is 117 Å². The molecular formula is C16H14N4. The molecular weight excluding hydrogens is 248 g/mol. The second-order valence-electron chi connectivity index (χ2n) is 4.92. The number of fused-ring (bicyclic) bond motifs is 1. The highest BCUT2D eigenvalue weighted by Gasteiger charge is 2.08. The Morgan fingerprint density at radius 3 is 2.65 bits per heavy atom. The van der Waals surface area contributed by atoms with Gasteiger partial charge in [-0.25, -0.2) is 4.98 Å². The van der Waals surface area contributed by atoms with Gasteiger partial charge >= 0.3 is 0 Å². The van der Waals surface area contributed by atoms with E-state index in [0.29, 0.717) is 11.3 Å². The fourth-order valence-corrected chi connectivity index (χ4v) is 2.26. The number of rotatable bonds is 1. The van der Waals surface area contributed by atoms with Gasteiger partial charge in [0.1, 0.15) is 12.4 Å². The fraction of sp³-hybridized carbons (Fsp3) is 0.125. The van der Waals surface area contributed by atoms with E-state index in [1.54, 1.807) is 18.5 Å². The molecule has 0 atom stereocenters. The third-order valence-corrected chi connectivity index (χ3v) is 3.60. The van der Waals surface area contributed by atoms with Crippen LogP contribution >= 0.6 is 0 Å². The number of nitrogens with zero attached hydrogens (tertiary/aromatic N) is 3. The lowest BCUT2D eigenvalue weighted by atomic mass is 10.1. The minimum atomic E-state index is 0.480. The molecule has 1 heterocycles. The molecule has 0 aliphatic rings. The molecule has 1 aromatic heterocycles. The van der Waals surface area contributed by atoms with Gasteiger partial charge in [0.2, 0.25) is 0 Å². The molecule has 0 aliphatic heterocycles. The number of benzene rings is 2. The number of aryl methyl sites for hydroxylation is 2. The first-order chi connectivity index (χ1) is 9.60. The van der Waals surface area contributed by atoms with E-state index in [1.165, 1.54) is 11.1 Å². The van der Waals surface area contributed by atoms with Gasteiger partial charge in [-0.15, -0.1) is 0 Å². The highest BCUT2D eigenvalue weighted by Crippen LogP contribution is 2.23. The summed E-state index contributed by atoms with van der Waals surface area (Å²) >= 11 is 0. The second-order valence-corrected chi connectivity index (χ2v) is 4.92. The highest BCUT2D eigenvalue weighted by molar-refractivity contribution is 5.79. The molecule has 0 spiro atoms. The van der Waals surface area contributed by atoms with Crippen molar-refractivity contribution in [3.05, 3.63) is 53.3 Å². The summed E-state index contributed by atoms with van der Waals surface area (Å²) in [5.74, 6) is 0. The Morgan fingerprint density at radius 1 is 1.15 bits per heavy atom. The normalized spacial score (nSPS) is 10.7. The number of nitrogen functional groups attached to an aromatic ring is 1. The highest BCUT2D eigenvalue weighted by atomic mass is 15.0. The lowest BCUT2D eigenvalue weighted by molar-refractivity contribution is 1.09. The summed E-state index contributed by atoms with van der Waals surface area (Å²) < 4.78 is 1.97. The van der Waals surface area contributed by atoms with E-state index < -0.39 is 0 Å².